The van der Waals surface area contributed by atoms with Gasteiger partial charge in [-0.1, -0.05) is 24.3 Å². The molecule has 1 N–H and O–H groups in total. The van der Waals surface area contributed by atoms with Gasteiger partial charge in [0.25, 0.3) is 5.91 Å². The van der Waals surface area contributed by atoms with Crippen LogP contribution in [0.1, 0.15) is 27.9 Å². The van der Waals surface area contributed by atoms with Gasteiger partial charge < -0.3 is 10.2 Å². The van der Waals surface area contributed by atoms with Crippen molar-refractivity contribution in [3.05, 3.63) is 65.2 Å². The fourth-order valence-electron chi connectivity index (χ4n) is 3.56. The van der Waals surface area contributed by atoms with Crippen LogP contribution in [-0.2, 0) is 13.0 Å². The van der Waals surface area contributed by atoms with Gasteiger partial charge in [-0.15, -0.1) is 0 Å². The third-order valence-corrected chi connectivity index (χ3v) is 4.92. The van der Waals surface area contributed by atoms with Crippen LogP contribution in [0.2, 0.25) is 0 Å². The number of rotatable bonds is 2. The molecule has 0 radical (unpaired) electrons. The molecule has 2 aliphatic rings. The highest BCUT2D eigenvalue weighted by Crippen LogP contribution is 2.22. The molecule has 128 valence electrons. The summed E-state index contributed by atoms with van der Waals surface area (Å²) in [7, 11) is 0. The van der Waals surface area contributed by atoms with Gasteiger partial charge in [-0.25, -0.2) is 4.79 Å². The fraction of sp³-hybridized carbons (Fsp3) is 0.300. The summed E-state index contributed by atoms with van der Waals surface area (Å²) in [6.07, 6.45) is 2.00. The predicted molar refractivity (Wildman–Crippen MR) is 96.7 cm³/mol. The smallest absolute Gasteiger partial charge is 0.321 e. The number of carbonyl (C=O) groups is 2. The maximum Gasteiger partial charge on any atom is 0.321 e. The van der Waals surface area contributed by atoms with E-state index in [1.807, 2.05) is 35.2 Å². The monoisotopic (exact) mass is 335 g/mol. The van der Waals surface area contributed by atoms with E-state index in [-0.39, 0.29) is 11.9 Å². The molecule has 2 aromatic carbocycles. The van der Waals surface area contributed by atoms with E-state index in [0.29, 0.717) is 25.2 Å². The van der Waals surface area contributed by atoms with Crippen LogP contribution in [0.25, 0.3) is 0 Å². The van der Waals surface area contributed by atoms with Gasteiger partial charge in [0.05, 0.1) is 0 Å². The molecule has 0 bridgehead atoms. The van der Waals surface area contributed by atoms with Crippen molar-refractivity contribution in [3.8, 4) is 0 Å². The van der Waals surface area contributed by atoms with Crippen molar-refractivity contribution in [1.29, 1.82) is 0 Å². The van der Waals surface area contributed by atoms with Crippen molar-refractivity contribution in [2.75, 3.05) is 24.5 Å². The van der Waals surface area contributed by atoms with Crippen LogP contribution in [0.5, 0.6) is 0 Å². The van der Waals surface area contributed by atoms with E-state index in [0.717, 1.165) is 25.1 Å². The number of fused-ring (bicyclic) bond motifs is 1. The van der Waals surface area contributed by atoms with Gasteiger partial charge in [-0.2, -0.15) is 0 Å². The average Bonchev–Trinajstić information content (AvgIpc) is 2.95. The number of nitrogens with zero attached hydrogens (tertiary/aromatic N) is 2. The van der Waals surface area contributed by atoms with Crippen molar-refractivity contribution in [2.24, 2.45) is 0 Å². The second-order valence-electron chi connectivity index (χ2n) is 6.53. The third-order valence-electron chi connectivity index (χ3n) is 4.92. The zero-order valence-corrected chi connectivity index (χ0v) is 14.1. The molecule has 2 heterocycles. The lowest BCUT2D eigenvalue weighted by molar-refractivity contribution is 0.0746. The first-order valence-corrected chi connectivity index (χ1v) is 8.74. The molecule has 0 saturated carbocycles. The minimum absolute atomic E-state index is 0.0501. The summed E-state index contributed by atoms with van der Waals surface area (Å²) in [6, 6.07) is 15.6. The Morgan fingerprint density at radius 1 is 0.960 bits per heavy atom. The number of urea groups is 1. The molecule has 5 nitrogen and oxygen atoms in total. The Balaban J connectivity index is 1.52. The maximum atomic E-state index is 12.9. The number of hydrogen-bond acceptors (Lipinski definition) is 2. The van der Waals surface area contributed by atoms with Crippen LogP contribution >= 0.6 is 0 Å². The Bertz CT molecular complexity index is 801. The van der Waals surface area contributed by atoms with Gasteiger partial charge in [0.1, 0.15) is 0 Å². The van der Waals surface area contributed by atoms with Crippen molar-refractivity contribution >= 4 is 17.6 Å². The van der Waals surface area contributed by atoms with Gasteiger partial charge in [-0.3, -0.25) is 9.69 Å². The normalized spacial score (nSPS) is 17.0. The average molecular weight is 335 g/mol. The van der Waals surface area contributed by atoms with E-state index >= 15 is 0 Å². The Kier molecular flexibility index (Phi) is 4.14. The topological polar surface area (TPSA) is 52.7 Å². The second kappa shape index (κ2) is 6.59. The molecule has 3 amide bonds. The van der Waals surface area contributed by atoms with Gasteiger partial charge in [0.15, 0.2) is 0 Å². The third kappa shape index (κ3) is 3.09. The molecule has 2 aliphatic heterocycles. The van der Waals surface area contributed by atoms with Crippen LogP contribution in [-0.4, -0.2) is 36.5 Å². The van der Waals surface area contributed by atoms with E-state index in [9.17, 15) is 9.59 Å². The second-order valence-corrected chi connectivity index (χ2v) is 6.53. The quantitative estimate of drug-likeness (QED) is 0.917. The van der Waals surface area contributed by atoms with Crippen molar-refractivity contribution in [2.45, 2.75) is 19.4 Å². The highest BCUT2D eigenvalue weighted by molar-refractivity contribution is 5.97. The number of amides is 3. The lowest BCUT2D eigenvalue weighted by Crippen LogP contribution is -2.31. The molecule has 0 unspecified atom stereocenters. The summed E-state index contributed by atoms with van der Waals surface area (Å²) < 4.78 is 0. The Morgan fingerprint density at radius 2 is 1.72 bits per heavy atom. The first-order chi connectivity index (χ1) is 12.2. The lowest BCUT2D eigenvalue weighted by atomic mass is 10.0. The highest BCUT2D eigenvalue weighted by atomic mass is 16.2. The van der Waals surface area contributed by atoms with Crippen molar-refractivity contribution < 1.29 is 9.59 Å². The number of anilines is 1. The number of hydrogen-bond donors (Lipinski definition) is 1. The predicted octanol–water partition coefficient (Wildman–Crippen LogP) is 2.80. The molecule has 1 fully saturated rings. The van der Waals surface area contributed by atoms with E-state index in [1.54, 1.807) is 4.90 Å². The Hall–Kier alpha value is -2.82. The molecule has 0 spiro atoms. The number of aryl methyl sites for hydroxylation is 1. The maximum absolute atomic E-state index is 12.9. The summed E-state index contributed by atoms with van der Waals surface area (Å²) in [4.78, 5) is 28.2. The molecule has 0 atom stereocenters. The van der Waals surface area contributed by atoms with Crippen LogP contribution in [0.3, 0.4) is 0 Å². The minimum atomic E-state index is -0.0804. The molecule has 4 rings (SSSR count). The minimum Gasteiger partial charge on any atom is -0.336 e. The Labute approximate surface area is 147 Å². The molecule has 5 heteroatoms. The first kappa shape index (κ1) is 15.7. The summed E-state index contributed by atoms with van der Waals surface area (Å²) in [5.74, 6) is 0.0501. The van der Waals surface area contributed by atoms with Crippen LogP contribution in [0, 0.1) is 0 Å². The largest absolute Gasteiger partial charge is 0.336 e. The summed E-state index contributed by atoms with van der Waals surface area (Å²) >= 11 is 0. The van der Waals surface area contributed by atoms with Gasteiger partial charge in [0.2, 0.25) is 0 Å². The zero-order valence-electron chi connectivity index (χ0n) is 14.1. The summed E-state index contributed by atoms with van der Waals surface area (Å²) in [5, 5.41) is 2.79. The molecule has 2 aromatic rings. The molecular formula is C20H21N3O2. The number of benzene rings is 2. The lowest BCUT2D eigenvalue weighted by Gasteiger charge is -2.21. The van der Waals surface area contributed by atoms with E-state index in [1.165, 1.54) is 11.1 Å². The fourth-order valence-corrected chi connectivity index (χ4v) is 3.56. The van der Waals surface area contributed by atoms with Crippen molar-refractivity contribution in [1.82, 2.24) is 10.2 Å². The van der Waals surface area contributed by atoms with Crippen LogP contribution < -0.4 is 10.2 Å². The van der Waals surface area contributed by atoms with Gasteiger partial charge in [-0.05, 0) is 48.2 Å². The van der Waals surface area contributed by atoms with Gasteiger partial charge in [0, 0.05) is 37.4 Å². The standard InChI is InChI=1S/C20H21N3O2/c24-19(22-12-3-6-15-4-1-2-5-17(15)14-22)16-7-9-18(10-8-16)23-13-11-21-20(23)25/h1-2,4-5,7-10H,3,6,11-14H2,(H,21,25). The highest BCUT2D eigenvalue weighted by Gasteiger charge is 2.23. The van der Waals surface area contributed by atoms with E-state index in [4.69, 9.17) is 0 Å². The summed E-state index contributed by atoms with van der Waals surface area (Å²) in [6.45, 7) is 2.75. The molecule has 0 aliphatic carbocycles. The van der Waals surface area contributed by atoms with E-state index < -0.39 is 0 Å². The molecule has 0 aromatic heterocycles. The molecular weight excluding hydrogens is 314 g/mol. The van der Waals surface area contributed by atoms with E-state index in [2.05, 4.69) is 23.5 Å². The molecule has 25 heavy (non-hydrogen) atoms. The van der Waals surface area contributed by atoms with Gasteiger partial charge >= 0.3 is 6.03 Å². The van der Waals surface area contributed by atoms with Crippen molar-refractivity contribution in [3.63, 3.8) is 0 Å². The number of carbonyl (C=O) groups excluding carboxylic acids is 2. The van der Waals surface area contributed by atoms with Crippen LogP contribution in [0.4, 0.5) is 10.5 Å². The SMILES string of the molecule is O=C(c1ccc(N2CCNC2=O)cc1)N1CCCc2ccccc2C1. The Morgan fingerprint density at radius 3 is 2.44 bits per heavy atom. The zero-order chi connectivity index (χ0) is 17.2. The summed E-state index contributed by atoms with van der Waals surface area (Å²) in [5.41, 5.74) is 4.07. The van der Waals surface area contributed by atoms with Crippen LogP contribution in [0.15, 0.2) is 48.5 Å². The number of nitrogens with one attached hydrogen (secondary N) is 1. The molecule has 1 saturated heterocycles. The first-order valence-electron chi connectivity index (χ1n) is 8.74.